The van der Waals surface area contributed by atoms with Crippen LogP contribution in [0.3, 0.4) is 0 Å². The number of rotatable bonds is 2. The first-order valence-electron chi connectivity index (χ1n) is 2.84. The molecule has 0 aromatic carbocycles. The van der Waals surface area contributed by atoms with Crippen molar-refractivity contribution in [3.63, 3.8) is 0 Å². The Balaban J connectivity index is 2.45. The minimum absolute atomic E-state index is 0.0926. The Kier molecular flexibility index (Phi) is 1.29. The summed E-state index contributed by atoms with van der Waals surface area (Å²) in [6, 6.07) is -0.586. The van der Waals surface area contributed by atoms with E-state index in [0.29, 0.717) is 0 Å². The fraction of sp³-hybridized carbons (Fsp3) is 0.500. The van der Waals surface area contributed by atoms with Gasteiger partial charge in [-0.05, 0) is 6.42 Å². The molecule has 3 N–H and O–H groups in total. The lowest BCUT2D eigenvalue weighted by Crippen LogP contribution is -2.69. The standard InChI is InChI=1S/C6H9NO2/c1-3-2-4(3)5(7)6(8)9/h4-5H,1-2,7H2,(H,8,9)/t4?,5-/m0/s1. The van der Waals surface area contributed by atoms with Crippen molar-refractivity contribution in [3.05, 3.63) is 12.2 Å². The molecule has 0 spiro atoms. The van der Waals surface area contributed by atoms with E-state index in [1.54, 1.807) is 0 Å². The Morgan fingerprint density at radius 3 is 2.56 bits per heavy atom. The first kappa shape index (κ1) is 6.29. The van der Waals surface area contributed by atoms with Gasteiger partial charge in [-0.1, -0.05) is 12.2 Å². The second-order valence-corrected chi connectivity index (χ2v) is 2.39. The van der Waals surface area contributed by atoms with Gasteiger partial charge in [-0.2, -0.15) is 0 Å². The quantitative estimate of drug-likeness (QED) is 0.433. The van der Waals surface area contributed by atoms with Crippen molar-refractivity contribution in [2.24, 2.45) is 5.92 Å². The van der Waals surface area contributed by atoms with Gasteiger partial charge in [0.25, 0.3) is 0 Å². The van der Waals surface area contributed by atoms with Crippen molar-refractivity contribution in [2.45, 2.75) is 12.5 Å². The molecule has 3 nitrogen and oxygen atoms in total. The summed E-state index contributed by atoms with van der Waals surface area (Å²) >= 11 is 0. The van der Waals surface area contributed by atoms with Crippen LogP contribution in [0, 0.1) is 5.92 Å². The molecule has 1 fully saturated rings. The van der Waals surface area contributed by atoms with E-state index in [1.807, 2.05) is 0 Å². The second kappa shape index (κ2) is 1.84. The first-order valence-corrected chi connectivity index (χ1v) is 2.84. The normalized spacial score (nSPS) is 27.7. The van der Waals surface area contributed by atoms with Crippen LogP contribution in [-0.2, 0) is 4.79 Å². The highest BCUT2D eigenvalue weighted by molar-refractivity contribution is 5.71. The summed E-state index contributed by atoms with van der Waals surface area (Å²) in [6.07, 6.45) is 0.808. The molecule has 2 atom stereocenters. The van der Waals surface area contributed by atoms with Gasteiger partial charge < -0.3 is 15.6 Å². The summed E-state index contributed by atoms with van der Waals surface area (Å²) in [5.74, 6) is -0.978. The van der Waals surface area contributed by atoms with E-state index in [9.17, 15) is 9.90 Å². The van der Waals surface area contributed by atoms with Crippen molar-refractivity contribution in [2.75, 3.05) is 0 Å². The molecule has 1 saturated carbocycles. The molecule has 0 bridgehead atoms. The minimum atomic E-state index is -1.07. The average Bonchev–Trinajstić information content (AvgIpc) is 2.44. The summed E-state index contributed by atoms with van der Waals surface area (Å²) in [6.45, 7) is 3.62. The lowest BCUT2D eigenvalue weighted by Gasteiger charge is -2.05. The van der Waals surface area contributed by atoms with Crippen molar-refractivity contribution < 1.29 is 15.6 Å². The summed E-state index contributed by atoms with van der Waals surface area (Å²) in [5, 5.41) is 10.1. The number of carboxylic acid groups (broad SMARTS) is 1. The van der Waals surface area contributed by atoms with Gasteiger partial charge in [0, 0.05) is 5.92 Å². The van der Waals surface area contributed by atoms with Gasteiger partial charge in [0.2, 0.25) is 0 Å². The molecule has 0 aromatic heterocycles. The van der Waals surface area contributed by atoms with E-state index in [4.69, 9.17) is 0 Å². The first-order chi connectivity index (χ1) is 4.13. The molecule has 9 heavy (non-hydrogen) atoms. The zero-order chi connectivity index (χ0) is 7.02. The fourth-order valence-corrected chi connectivity index (χ4v) is 0.815. The Hall–Kier alpha value is -0.830. The maximum atomic E-state index is 10.1. The van der Waals surface area contributed by atoms with Crippen LogP contribution in [0.4, 0.5) is 0 Å². The number of carbonyl (C=O) groups is 1. The largest absolute Gasteiger partial charge is 0.544 e. The number of carboxylic acids is 1. The third-order valence-electron chi connectivity index (χ3n) is 1.63. The summed E-state index contributed by atoms with van der Waals surface area (Å²) in [7, 11) is 0. The van der Waals surface area contributed by atoms with Crippen LogP contribution < -0.4 is 10.8 Å². The van der Waals surface area contributed by atoms with E-state index in [-0.39, 0.29) is 5.92 Å². The molecule has 0 saturated heterocycles. The Bertz CT molecular complexity index is 164. The average molecular weight is 127 g/mol. The van der Waals surface area contributed by atoms with Crippen LogP contribution in [0.5, 0.6) is 0 Å². The highest BCUT2D eigenvalue weighted by atomic mass is 16.4. The molecule has 1 unspecified atom stereocenters. The van der Waals surface area contributed by atoms with Gasteiger partial charge in [-0.25, -0.2) is 0 Å². The van der Waals surface area contributed by atoms with Crippen LogP contribution in [-0.4, -0.2) is 12.0 Å². The van der Waals surface area contributed by atoms with Gasteiger partial charge in [0.05, 0.1) is 5.97 Å². The van der Waals surface area contributed by atoms with Crippen molar-refractivity contribution in [3.8, 4) is 0 Å². The Labute approximate surface area is 53.2 Å². The van der Waals surface area contributed by atoms with Gasteiger partial charge in [0.1, 0.15) is 6.04 Å². The number of quaternary nitrogens is 1. The van der Waals surface area contributed by atoms with Crippen molar-refractivity contribution in [1.29, 1.82) is 0 Å². The Morgan fingerprint density at radius 2 is 2.44 bits per heavy atom. The molecular formula is C6H9NO2. The van der Waals surface area contributed by atoms with Crippen LogP contribution in [0.1, 0.15) is 6.42 Å². The predicted octanol–water partition coefficient (Wildman–Crippen LogP) is -2.08. The van der Waals surface area contributed by atoms with Crippen LogP contribution in [0.25, 0.3) is 0 Å². The molecule has 3 heteroatoms. The highest BCUT2D eigenvalue weighted by Gasteiger charge is 2.36. The number of hydrogen-bond donors (Lipinski definition) is 1. The SMILES string of the molecule is C=C1CC1[C@H]([NH3+])C(=O)[O-]. The molecule has 1 aliphatic carbocycles. The zero-order valence-corrected chi connectivity index (χ0v) is 5.09. The van der Waals surface area contributed by atoms with Crippen molar-refractivity contribution in [1.82, 2.24) is 0 Å². The lowest BCUT2D eigenvalue weighted by atomic mass is 10.2. The molecule has 0 heterocycles. The molecule has 50 valence electrons. The Morgan fingerprint density at radius 1 is 2.00 bits per heavy atom. The summed E-state index contributed by atoms with van der Waals surface area (Å²) < 4.78 is 0. The molecule has 0 radical (unpaired) electrons. The van der Waals surface area contributed by atoms with Crippen molar-refractivity contribution >= 4 is 5.97 Å². The maximum Gasteiger partial charge on any atom is 0.131 e. The van der Waals surface area contributed by atoms with Crippen LogP contribution in [0.15, 0.2) is 12.2 Å². The molecule has 1 rings (SSSR count). The smallest absolute Gasteiger partial charge is 0.131 e. The molecule has 0 aliphatic heterocycles. The predicted molar refractivity (Wildman–Crippen MR) is 28.9 cm³/mol. The van der Waals surface area contributed by atoms with Gasteiger partial charge in [0.15, 0.2) is 0 Å². The van der Waals surface area contributed by atoms with E-state index in [1.165, 1.54) is 0 Å². The third kappa shape index (κ3) is 1.10. The number of carbonyl (C=O) groups excluding carboxylic acids is 1. The third-order valence-corrected chi connectivity index (χ3v) is 1.63. The van der Waals surface area contributed by atoms with Gasteiger partial charge in [-0.15, -0.1) is 0 Å². The summed E-state index contributed by atoms with van der Waals surface area (Å²) in [5.41, 5.74) is 4.41. The zero-order valence-electron chi connectivity index (χ0n) is 5.09. The molecular weight excluding hydrogens is 118 g/mol. The molecule has 0 amide bonds. The monoisotopic (exact) mass is 127 g/mol. The minimum Gasteiger partial charge on any atom is -0.544 e. The topological polar surface area (TPSA) is 67.8 Å². The molecule has 1 aliphatic rings. The van der Waals surface area contributed by atoms with Crippen LogP contribution in [0.2, 0.25) is 0 Å². The fourth-order valence-electron chi connectivity index (χ4n) is 0.815. The van der Waals surface area contributed by atoms with E-state index in [0.717, 1.165) is 12.0 Å². The van der Waals surface area contributed by atoms with E-state index in [2.05, 4.69) is 12.3 Å². The highest BCUT2D eigenvalue weighted by Crippen LogP contribution is 2.36. The second-order valence-electron chi connectivity index (χ2n) is 2.39. The summed E-state index contributed by atoms with van der Waals surface area (Å²) in [4.78, 5) is 10.1. The van der Waals surface area contributed by atoms with Gasteiger partial charge in [-0.3, -0.25) is 0 Å². The van der Waals surface area contributed by atoms with Crippen LogP contribution >= 0.6 is 0 Å². The number of aliphatic carboxylic acids is 1. The van der Waals surface area contributed by atoms with E-state index >= 15 is 0 Å². The molecule has 0 aromatic rings. The maximum absolute atomic E-state index is 10.1. The number of hydrogen-bond acceptors (Lipinski definition) is 2. The lowest BCUT2D eigenvalue weighted by molar-refractivity contribution is -0.441. The van der Waals surface area contributed by atoms with Gasteiger partial charge >= 0.3 is 0 Å². The van der Waals surface area contributed by atoms with E-state index < -0.39 is 12.0 Å².